The topological polar surface area (TPSA) is 83.6 Å². The van der Waals surface area contributed by atoms with Crippen molar-refractivity contribution in [2.24, 2.45) is 0 Å². The Balaban J connectivity index is 0.000000723. The molecule has 3 N–H and O–H groups in total. The summed E-state index contributed by atoms with van der Waals surface area (Å²) in [5, 5.41) is 12.5. The number of carbonyl (C=O) groups is 1. The molecule has 6 rings (SSSR count). The Labute approximate surface area is 230 Å². The Hall–Kier alpha value is -3.77. The fraction of sp³-hybridized carbons (Fsp3) is 0.364. The summed E-state index contributed by atoms with van der Waals surface area (Å²) in [7, 11) is 1.74. The van der Waals surface area contributed by atoms with Crippen LogP contribution in [0.3, 0.4) is 0 Å². The van der Waals surface area contributed by atoms with Gasteiger partial charge in [0.2, 0.25) is 0 Å². The van der Waals surface area contributed by atoms with E-state index in [0.29, 0.717) is 12.5 Å². The first-order valence-corrected chi connectivity index (χ1v) is 14.0. The smallest absolute Gasteiger partial charge is 0.300 e. The number of aliphatic carboxylic acids is 1. The summed E-state index contributed by atoms with van der Waals surface area (Å²) in [5.74, 6) is 1.66. The SMILES string of the molecule is CC(=O)O.COc1ccc(C2NCCc3c2[nH]c2ccccc32)cc1COc1ccccc1C1CCCCC1. The van der Waals surface area contributed by atoms with Crippen molar-refractivity contribution >= 4 is 16.9 Å². The van der Waals surface area contributed by atoms with Gasteiger partial charge in [0, 0.05) is 35.6 Å². The molecule has 0 radical (unpaired) electrons. The van der Waals surface area contributed by atoms with Crippen molar-refractivity contribution in [1.29, 1.82) is 0 Å². The molecule has 0 amide bonds. The van der Waals surface area contributed by atoms with E-state index < -0.39 is 5.97 Å². The fourth-order valence-electron chi connectivity index (χ4n) is 6.07. The van der Waals surface area contributed by atoms with Crippen molar-refractivity contribution in [3.05, 3.63) is 94.7 Å². The zero-order chi connectivity index (χ0) is 27.2. The van der Waals surface area contributed by atoms with E-state index >= 15 is 0 Å². The lowest BCUT2D eigenvalue weighted by Gasteiger charge is -2.26. The Morgan fingerprint density at radius 2 is 1.72 bits per heavy atom. The number of ether oxygens (including phenoxy) is 2. The predicted octanol–water partition coefficient (Wildman–Crippen LogP) is 7.13. The quantitative estimate of drug-likeness (QED) is 0.249. The van der Waals surface area contributed by atoms with E-state index in [-0.39, 0.29) is 6.04 Å². The van der Waals surface area contributed by atoms with Crippen LogP contribution in [0, 0.1) is 0 Å². The molecule has 6 heteroatoms. The molecule has 6 nitrogen and oxygen atoms in total. The molecule has 1 unspecified atom stereocenters. The van der Waals surface area contributed by atoms with Gasteiger partial charge in [-0.05, 0) is 66.1 Å². The van der Waals surface area contributed by atoms with Crippen molar-refractivity contribution < 1.29 is 19.4 Å². The maximum atomic E-state index is 9.00. The summed E-state index contributed by atoms with van der Waals surface area (Å²) >= 11 is 0. The molecule has 204 valence electrons. The summed E-state index contributed by atoms with van der Waals surface area (Å²) in [4.78, 5) is 12.7. The van der Waals surface area contributed by atoms with Crippen molar-refractivity contribution in [2.75, 3.05) is 13.7 Å². The van der Waals surface area contributed by atoms with E-state index in [0.717, 1.165) is 37.0 Å². The lowest BCUT2D eigenvalue weighted by molar-refractivity contribution is -0.134. The van der Waals surface area contributed by atoms with Gasteiger partial charge in [0.25, 0.3) is 5.97 Å². The number of fused-ring (bicyclic) bond motifs is 3. The minimum Gasteiger partial charge on any atom is -0.496 e. The average molecular weight is 527 g/mol. The number of nitrogens with one attached hydrogen (secondary N) is 2. The third-order valence-electron chi connectivity index (χ3n) is 7.84. The Morgan fingerprint density at radius 3 is 2.51 bits per heavy atom. The number of H-pyrrole nitrogens is 1. The minimum absolute atomic E-state index is 0.130. The van der Waals surface area contributed by atoms with Gasteiger partial charge >= 0.3 is 0 Å². The van der Waals surface area contributed by atoms with Crippen LogP contribution >= 0.6 is 0 Å². The van der Waals surface area contributed by atoms with Gasteiger partial charge in [-0.15, -0.1) is 0 Å². The molecular formula is C33H38N2O4. The second kappa shape index (κ2) is 12.4. The average Bonchev–Trinajstić information content (AvgIpc) is 3.35. The minimum atomic E-state index is -0.833. The summed E-state index contributed by atoms with van der Waals surface area (Å²) in [6.07, 6.45) is 7.56. The van der Waals surface area contributed by atoms with Crippen LogP contribution in [0.15, 0.2) is 66.7 Å². The van der Waals surface area contributed by atoms with E-state index in [2.05, 4.69) is 77.0 Å². The summed E-state index contributed by atoms with van der Waals surface area (Å²) in [5.41, 5.74) is 7.59. The van der Waals surface area contributed by atoms with E-state index in [1.807, 2.05) is 0 Å². The molecule has 1 aliphatic heterocycles. The van der Waals surface area contributed by atoms with E-state index in [1.54, 1.807) is 7.11 Å². The lowest BCUT2D eigenvalue weighted by atomic mass is 9.84. The second-order valence-electron chi connectivity index (χ2n) is 10.5. The molecular weight excluding hydrogens is 488 g/mol. The molecule has 0 spiro atoms. The normalized spacial score (nSPS) is 17.1. The highest BCUT2D eigenvalue weighted by molar-refractivity contribution is 5.85. The predicted molar refractivity (Wildman–Crippen MR) is 155 cm³/mol. The highest BCUT2D eigenvalue weighted by Crippen LogP contribution is 2.38. The Bertz CT molecular complexity index is 1420. The molecule has 2 heterocycles. The Kier molecular flexibility index (Phi) is 8.52. The van der Waals surface area contributed by atoms with Gasteiger partial charge < -0.3 is 24.9 Å². The molecule has 0 bridgehead atoms. The third-order valence-corrected chi connectivity index (χ3v) is 7.84. The van der Waals surface area contributed by atoms with Crippen LogP contribution in [0.5, 0.6) is 11.5 Å². The number of aromatic nitrogens is 1. The number of carboxylic acid groups (broad SMARTS) is 1. The number of benzene rings is 3. The Morgan fingerprint density at radius 1 is 0.974 bits per heavy atom. The van der Waals surface area contributed by atoms with Crippen molar-refractivity contribution in [3.8, 4) is 11.5 Å². The monoisotopic (exact) mass is 526 g/mol. The second-order valence-corrected chi connectivity index (χ2v) is 10.5. The largest absolute Gasteiger partial charge is 0.496 e. The van der Waals surface area contributed by atoms with Gasteiger partial charge in [-0.1, -0.05) is 61.7 Å². The number of hydrogen-bond donors (Lipinski definition) is 3. The van der Waals surface area contributed by atoms with Crippen LogP contribution in [-0.4, -0.2) is 29.7 Å². The van der Waals surface area contributed by atoms with Crippen LogP contribution in [-0.2, 0) is 17.8 Å². The maximum absolute atomic E-state index is 9.00. The first kappa shape index (κ1) is 26.8. The van der Waals surface area contributed by atoms with Crippen LogP contribution in [0.4, 0.5) is 0 Å². The molecule has 3 aromatic carbocycles. The van der Waals surface area contributed by atoms with Gasteiger partial charge in [-0.25, -0.2) is 0 Å². The van der Waals surface area contributed by atoms with Crippen LogP contribution in [0.1, 0.15) is 78.9 Å². The molecule has 0 saturated heterocycles. The zero-order valence-electron chi connectivity index (χ0n) is 22.8. The molecule has 4 aromatic rings. The number of carboxylic acids is 1. The van der Waals surface area contributed by atoms with Crippen molar-refractivity contribution in [1.82, 2.24) is 10.3 Å². The van der Waals surface area contributed by atoms with E-state index in [9.17, 15) is 0 Å². The van der Waals surface area contributed by atoms with E-state index in [1.165, 1.54) is 65.4 Å². The number of rotatable bonds is 6. The standard InChI is InChI=1S/C31H34N2O2.C2H4O2/c1-34-28-16-15-22(30-31-26(17-18-32-30)25-12-5-7-13-27(25)33-31)19-23(28)20-35-29-14-8-6-11-24(29)21-9-3-2-4-10-21;1-2(3)4/h5-8,11-16,19,21,30,32-33H,2-4,9-10,17-18,20H2,1H3;1H3,(H,3,4). The van der Waals surface area contributed by atoms with Crippen molar-refractivity contribution in [3.63, 3.8) is 0 Å². The van der Waals surface area contributed by atoms with Crippen LogP contribution in [0.25, 0.3) is 10.9 Å². The summed E-state index contributed by atoms with van der Waals surface area (Å²) in [6.45, 7) is 2.54. The third kappa shape index (κ3) is 6.12. The van der Waals surface area contributed by atoms with E-state index in [4.69, 9.17) is 19.4 Å². The first-order valence-electron chi connectivity index (χ1n) is 14.0. The maximum Gasteiger partial charge on any atom is 0.300 e. The summed E-state index contributed by atoms with van der Waals surface area (Å²) < 4.78 is 12.2. The summed E-state index contributed by atoms with van der Waals surface area (Å²) in [6, 6.07) is 23.9. The number of aromatic amines is 1. The molecule has 39 heavy (non-hydrogen) atoms. The van der Waals surface area contributed by atoms with Gasteiger partial charge in [0.05, 0.1) is 13.2 Å². The lowest BCUT2D eigenvalue weighted by Crippen LogP contribution is -2.30. The van der Waals surface area contributed by atoms with Crippen LogP contribution < -0.4 is 14.8 Å². The first-order chi connectivity index (χ1) is 19.0. The molecule has 1 atom stereocenters. The molecule has 1 saturated carbocycles. The zero-order valence-corrected chi connectivity index (χ0v) is 22.8. The molecule has 1 aliphatic carbocycles. The number of methoxy groups -OCH3 is 1. The van der Waals surface area contributed by atoms with Gasteiger partial charge in [0.15, 0.2) is 0 Å². The highest BCUT2D eigenvalue weighted by Gasteiger charge is 2.26. The van der Waals surface area contributed by atoms with Gasteiger partial charge in [-0.2, -0.15) is 0 Å². The molecule has 1 aromatic heterocycles. The molecule has 1 fully saturated rings. The fourth-order valence-corrected chi connectivity index (χ4v) is 6.07. The highest BCUT2D eigenvalue weighted by atomic mass is 16.5. The number of para-hydroxylation sites is 2. The van der Waals surface area contributed by atoms with Crippen molar-refractivity contribution in [2.45, 2.75) is 64.0 Å². The van der Waals surface area contributed by atoms with Gasteiger partial charge in [0.1, 0.15) is 18.1 Å². The number of hydrogen-bond acceptors (Lipinski definition) is 4. The molecule has 2 aliphatic rings. The van der Waals surface area contributed by atoms with Crippen LogP contribution in [0.2, 0.25) is 0 Å². The van der Waals surface area contributed by atoms with Gasteiger partial charge in [-0.3, -0.25) is 4.79 Å².